The maximum Gasteiger partial charge on any atom is 0.255 e. The molecule has 1 saturated heterocycles. The summed E-state index contributed by atoms with van der Waals surface area (Å²) in [6, 6.07) is 15.5. The number of nitrogens with zero attached hydrogens (tertiary/aromatic N) is 2. The van der Waals surface area contributed by atoms with Crippen LogP contribution in [-0.2, 0) is 11.3 Å². The number of carbonyl (C=O) groups is 1. The molecule has 1 aliphatic rings. The second kappa shape index (κ2) is 8.14. The lowest BCUT2D eigenvalue weighted by molar-refractivity contribution is 0.102. The van der Waals surface area contributed by atoms with Crippen LogP contribution in [-0.4, -0.2) is 51.1 Å². The Kier molecular flexibility index (Phi) is 5.68. The Morgan fingerprint density at radius 3 is 2.40 bits per heavy atom. The van der Waals surface area contributed by atoms with E-state index in [0.717, 1.165) is 43.1 Å². The second-order valence-corrected chi connectivity index (χ2v) is 6.39. The summed E-state index contributed by atoms with van der Waals surface area (Å²) in [6.07, 6.45) is 0. The molecule has 0 aromatic heterocycles. The van der Waals surface area contributed by atoms with Crippen LogP contribution in [0, 0.1) is 0 Å². The van der Waals surface area contributed by atoms with Gasteiger partial charge in [0.1, 0.15) is 0 Å². The minimum Gasteiger partial charge on any atom is -0.380 e. The zero-order chi connectivity index (χ0) is 17.6. The van der Waals surface area contributed by atoms with Crippen molar-refractivity contribution in [1.82, 2.24) is 4.90 Å². The molecule has 2 aromatic rings. The fraction of sp³-hybridized carbons (Fsp3) is 0.350. The number of nitrogens with one attached hydrogen (secondary N) is 1. The van der Waals surface area contributed by atoms with Crippen LogP contribution >= 0.6 is 0 Å². The Balaban J connectivity index is 1.73. The Bertz CT molecular complexity index is 707. The quantitative estimate of drug-likeness (QED) is 0.910. The van der Waals surface area contributed by atoms with Crippen molar-refractivity contribution >= 4 is 17.3 Å². The van der Waals surface area contributed by atoms with Gasteiger partial charge in [-0.3, -0.25) is 4.79 Å². The van der Waals surface area contributed by atoms with Crippen LogP contribution in [0.1, 0.15) is 15.9 Å². The van der Waals surface area contributed by atoms with Gasteiger partial charge in [-0.2, -0.15) is 0 Å². The van der Waals surface area contributed by atoms with Crippen molar-refractivity contribution in [3.8, 4) is 0 Å². The number of rotatable bonds is 5. The van der Waals surface area contributed by atoms with Crippen molar-refractivity contribution in [3.63, 3.8) is 0 Å². The summed E-state index contributed by atoms with van der Waals surface area (Å²) < 4.78 is 5.10. The number of benzene rings is 2. The van der Waals surface area contributed by atoms with E-state index in [4.69, 9.17) is 4.74 Å². The third-order valence-corrected chi connectivity index (χ3v) is 4.52. The largest absolute Gasteiger partial charge is 0.380 e. The zero-order valence-electron chi connectivity index (χ0n) is 14.9. The third-order valence-electron chi connectivity index (χ3n) is 4.52. The summed E-state index contributed by atoms with van der Waals surface area (Å²) in [5.41, 5.74) is 3.64. The Morgan fingerprint density at radius 2 is 1.72 bits per heavy atom. The van der Waals surface area contributed by atoms with Crippen molar-refractivity contribution in [2.75, 3.05) is 50.6 Å². The van der Waals surface area contributed by atoms with E-state index in [1.807, 2.05) is 42.5 Å². The lowest BCUT2D eigenvalue weighted by Crippen LogP contribution is -2.44. The molecule has 0 spiro atoms. The Labute approximate surface area is 149 Å². The summed E-state index contributed by atoms with van der Waals surface area (Å²) in [6.45, 7) is 4.55. The molecule has 25 heavy (non-hydrogen) atoms. The molecule has 1 fully saturated rings. The van der Waals surface area contributed by atoms with Gasteiger partial charge in [0.05, 0.1) is 18.0 Å². The van der Waals surface area contributed by atoms with Crippen molar-refractivity contribution in [3.05, 3.63) is 59.7 Å². The summed E-state index contributed by atoms with van der Waals surface area (Å²) >= 11 is 0. The van der Waals surface area contributed by atoms with Crippen LogP contribution in [0.3, 0.4) is 0 Å². The summed E-state index contributed by atoms with van der Waals surface area (Å²) in [7, 11) is 3.80. The topological polar surface area (TPSA) is 44.8 Å². The highest BCUT2D eigenvalue weighted by Crippen LogP contribution is 2.27. The first-order chi connectivity index (χ1) is 12.2. The standard InChI is InChI=1S/C20H25N3O2/c1-22-11-13-23(14-12-22)19-6-4-3-5-18(19)21-20(24)17-9-7-16(8-10-17)15-25-2/h3-10H,11-15H2,1-2H3,(H,21,24). The number of amides is 1. The fourth-order valence-electron chi connectivity index (χ4n) is 3.02. The van der Waals surface area contributed by atoms with Crippen LogP contribution in [0.2, 0.25) is 0 Å². The first-order valence-electron chi connectivity index (χ1n) is 8.59. The van der Waals surface area contributed by atoms with Crippen molar-refractivity contribution in [2.24, 2.45) is 0 Å². The summed E-state index contributed by atoms with van der Waals surface area (Å²) in [5, 5.41) is 3.06. The number of carbonyl (C=O) groups excluding carboxylic acids is 1. The van der Waals surface area contributed by atoms with E-state index >= 15 is 0 Å². The minimum absolute atomic E-state index is 0.0921. The van der Waals surface area contributed by atoms with Crippen LogP contribution < -0.4 is 10.2 Å². The van der Waals surface area contributed by atoms with Gasteiger partial charge in [0.15, 0.2) is 0 Å². The molecule has 2 aromatic carbocycles. The van der Waals surface area contributed by atoms with E-state index in [0.29, 0.717) is 12.2 Å². The number of hydrogen-bond acceptors (Lipinski definition) is 4. The predicted molar refractivity (Wildman–Crippen MR) is 101 cm³/mol. The number of methoxy groups -OCH3 is 1. The lowest BCUT2D eigenvalue weighted by atomic mass is 10.1. The van der Waals surface area contributed by atoms with E-state index in [1.54, 1.807) is 7.11 Å². The van der Waals surface area contributed by atoms with Crippen LogP contribution in [0.25, 0.3) is 0 Å². The average molecular weight is 339 g/mol. The molecule has 0 aliphatic carbocycles. The molecule has 1 heterocycles. The third kappa shape index (κ3) is 4.38. The van der Waals surface area contributed by atoms with E-state index in [9.17, 15) is 4.79 Å². The van der Waals surface area contributed by atoms with Crippen molar-refractivity contribution < 1.29 is 9.53 Å². The average Bonchev–Trinajstić information content (AvgIpc) is 2.64. The monoisotopic (exact) mass is 339 g/mol. The smallest absolute Gasteiger partial charge is 0.255 e. The highest BCUT2D eigenvalue weighted by Gasteiger charge is 2.18. The second-order valence-electron chi connectivity index (χ2n) is 6.39. The molecule has 0 bridgehead atoms. The van der Waals surface area contributed by atoms with E-state index in [-0.39, 0.29) is 5.91 Å². The van der Waals surface area contributed by atoms with Gasteiger partial charge in [0.25, 0.3) is 5.91 Å². The van der Waals surface area contributed by atoms with Crippen LogP contribution in [0.15, 0.2) is 48.5 Å². The molecule has 1 N–H and O–H groups in total. The number of hydrogen-bond donors (Lipinski definition) is 1. The lowest BCUT2D eigenvalue weighted by Gasteiger charge is -2.35. The first-order valence-corrected chi connectivity index (χ1v) is 8.59. The number of likely N-dealkylation sites (N-methyl/N-ethyl adjacent to an activating group) is 1. The fourth-order valence-corrected chi connectivity index (χ4v) is 3.02. The number of piperazine rings is 1. The molecule has 1 aliphatic heterocycles. The van der Waals surface area contributed by atoms with E-state index in [2.05, 4.69) is 28.2 Å². The van der Waals surface area contributed by atoms with Gasteiger partial charge < -0.3 is 19.9 Å². The van der Waals surface area contributed by atoms with Gasteiger partial charge in [-0.05, 0) is 36.9 Å². The highest BCUT2D eigenvalue weighted by atomic mass is 16.5. The molecular formula is C20H25N3O2. The molecular weight excluding hydrogens is 314 g/mol. The molecule has 0 unspecified atom stereocenters. The molecule has 132 valence electrons. The predicted octanol–water partition coefficient (Wildman–Crippen LogP) is 2.84. The minimum atomic E-state index is -0.0921. The van der Waals surface area contributed by atoms with E-state index < -0.39 is 0 Å². The number of anilines is 2. The van der Waals surface area contributed by atoms with Gasteiger partial charge in [-0.25, -0.2) is 0 Å². The Hall–Kier alpha value is -2.37. The number of para-hydroxylation sites is 2. The first kappa shape index (κ1) is 17.5. The van der Waals surface area contributed by atoms with Crippen molar-refractivity contribution in [2.45, 2.75) is 6.61 Å². The molecule has 0 atom stereocenters. The summed E-state index contributed by atoms with van der Waals surface area (Å²) in [5.74, 6) is -0.0921. The molecule has 5 nitrogen and oxygen atoms in total. The van der Waals surface area contributed by atoms with Crippen LogP contribution in [0.4, 0.5) is 11.4 Å². The van der Waals surface area contributed by atoms with Gasteiger partial charge >= 0.3 is 0 Å². The van der Waals surface area contributed by atoms with Gasteiger partial charge in [0.2, 0.25) is 0 Å². The van der Waals surface area contributed by atoms with Crippen LogP contribution in [0.5, 0.6) is 0 Å². The number of ether oxygens (including phenoxy) is 1. The summed E-state index contributed by atoms with van der Waals surface area (Å²) in [4.78, 5) is 17.3. The maximum absolute atomic E-state index is 12.6. The molecule has 0 saturated carbocycles. The molecule has 3 rings (SSSR count). The SMILES string of the molecule is COCc1ccc(C(=O)Nc2ccccc2N2CCN(C)CC2)cc1. The normalized spacial score (nSPS) is 15.2. The van der Waals surface area contributed by atoms with Gasteiger partial charge in [-0.15, -0.1) is 0 Å². The maximum atomic E-state index is 12.6. The van der Waals surface area contributed by atoms with E-state index in [1.165, 1.54) is 0 Å². The van der Waals surface area contributed by atoms with Gasteiger partial charge in [-0.1, -0.05) is 24.3 Å². The molecule has 1 amide bonds. The molecule has 0 radical (unpaired) electrons. The van der Waals surface area contributed by atoms with Gasteiger partial charge in [0, 0.05) is 38.9 Å². The molecule has 5 heteroatoms. The zero-order valence-corrected chi connectivity index (χ0v) is 14.9. The van der Waals surface area contributed by atoms with Crippen molar-refractivity contribution in [1.29, 1.82) is 0 Å². The Morgan fingerprint density at radius 1 is 1.04 bits per heavy atom. The highest BCUT2D eigenvalue weighted by molar-refractivity contribution is 6.06.